The third kappa shape index (κ3) is 3.89. The van der Waals surface area contributed by atoms with Crippen LogP contribution in [0.25, 0.3) is 0 Å². The van der Waals surface area contributed by atoms with Crippen molar-refractivity contribution in [3.05, 3.63) is 0 Å². The van der Waals surface area contributed by atoms with Crippen LogP contribution in [0.1, 0.15) is 81.1 Å². The molecule has 1 spiro atoms. The molecule has 154 valence electrons. The molecule has 0 aromatic carbocycles. The Hall–Kier alpha value is -0.745. The summed E-state index contributed by atoms with van der Waals surface area (Å²) in [6.07, 6.45) is 5.19. The van der Waals surface area contributed by atoms with E-state index in [2.05, 4.69) is 34.6 Å². The second-order valence-corrected chi connectivity index (χ2v) is 10.7. The third-order valence-electron chi connectivity index (χ3n) is 7.20. The van der Waals surface area contributed by atoms with Crippen molar-refractivity contribution in [3.8, 4) is 0 Å². The van der Waals surface area contributed by atoms with E-state index in [1.165, 1.54) is 6.42 Å². The summed E-state index contributed by atoms with van der Waals surface area (Å²) >= 11 is 0. The topological polar surface area (TPSA) is 48.0 Å². The second kappa shape index (κ2) is 6.65. The van der Waals surface area contributed by atoms with Gasteiger partial charge in [-0.05, 0) is 85.4 Å². The monoisotopic (exact) mass is 379 g/mol. The van der Waals surface area contributed by atoms with Gasteiger partial charge in [-0.25, -0.2) is 4.79 Å². The first-order valence-corrected chi connectivity index (χ1v) is 10.7. The molecular weight excluding hydrogens is 341 g/mol. The van der Waals surface area contributed by atoms with Crippen LogP contribution in [0.3, 0.4) is 0 Å². The van der Waals surface area contributed by atoms with Crippen molar-refractivity contribution >= 4 is 13.2 Å². The molecule has 3 rings (SSSR count). The smallest absolute Gasteiger partial charge is 0.444 e. The number of carbonyl (C=O) groups excluding carboxylic acids is 1. The normalized spacial score (nSPS) is 34.4. The summed E-state index contributed by atoms with van der Waals surface area (Å²) in [5.74, 6) is 0.661. The van der Waals surface area contributed by atoms with Crippen molar-refractivity contribution in [1.29, 1.82) is 0 Å². The molecule has 1 aliphatic carbocycles. The predicted octanol–water partition coefficient (Wildman–Crippen LogP) is 4.89. The second-order valence-electron chi connectivity index (χ2n) is 10.7. The van der Waals surface area contributed by atoms with E-state index in [4.69, 9.17) is 14.0 Å². The van der Waals surface area contributed by atoms with Gasteiger partial charge in [-0.3, -0.25) is 0 Å². The zero-order chi connectivity index (χ0) is 20.3. The standard InChI is InChI=1S/C21H38BNO4/c1-9-16-21(11-13-23(16)17(24)25-18(2,3)4)14-15(21)10-12-22-26-19(5,6)20(7,8)27-22/h15-16H,9-14H2,1-8H3. The number of likely N-dealkylation sites (tertiary alicyclic amines) is 1. The molecule has 3 fully saturated rings. The molecule has 6 heteroatoms. The Morgan fingerprint density at radius 1 is 1.19 bits per heavy atom. The first kappa shape index (κ1) is 21.0. The van der Waals surface area contributed by atoms with Crippen LogP contribution >= 0.6 is 0 Å². The van der Waals surface area contributed by atoms with E-state index in [-0.39, 0.29) is 29.8 Å². The van der Waals surface area contributed by atoms with Crippen LogP contribution < -0.4 is 0 Å². The molecule has 0 aromatic heterocycles. The summed E-state index contributed by atoms with van der Waals surface area (Å²) < 4.78 is 18.0. The fraction of sp³-hybridized carbons (Fsp3) is 0.952. The summed E-state index contributed by atoms with van der Waals surface area (Å²) in [6.45, 7) is 17.2. The molecule has 3 atom stereocenters. The Kier molecular flexibility index (Phi) is 5.17. The fourth-order valence-corrected chi connectivity index (χ4v) is 5.05. The molecule has 0 N–H and O–H groups in total. The summed E-state index contributed by atoms with van der Waals surface area (Å²) in [7, 11) is -0.115. The van der Waals surface area contributed by atoms with Crippen LogP contribution in [0.2, 0.25) is 6.32 Å². The summed E-state index contributed by atoms with van der Waals surface area (Å²) in [5.41, 5.74) is -0.669. The lowest BCUT2D eigenvalue weighted by Gasteiger charge is -2.32. The summed E-state index contributed by atoms with van der Waals surface area (Å²) in [4.78, 5) is 14.6. The lowest BCUT2D eigenvalue weighted by atomic mass is 9.80. The van der Waals surface area contributed by atoms with E-state index in [9.17, 15) is 4.79 Å². The Balaban J connectivity index is 1.56. The summed E-state index contributed by atoms with van der Waals surface area (Å²) in [5, 5.41) is 0. The Labute approximate surface area is 165 Å². The molecule has 2 aliphatic heterocycles. The number of rotatable bonds is 4. The third-order valence-corrected chi connectivity index (χ3v) is 7.20. The first-order chi connectivity index (χ1) is 12.3. The lowest BCUT2D eigenvalue weighted by Crippen LogP contribution is -2.41. The van der Waals surface area contributed by atoms with Crippen LogP contribution in [-0.4, -0.2) is 47.5 Å². The van der Waals surface area contributed by atoms with E-state index in [1.54, 1.807) is 0 Å². The zero-order valence-corrected chi connectivity index (χ0v) is 18.6. The van der Waals surface area contributed by atoms with Crippen LogP contribution in [0.5, 0.6) is 0 Å². The Bertz CT molecular complexity index is 569. The van der Waals surface area contributed by atoms with Crippen LogP contribution in [-0.2, 0) is 14.0 Å². The molecule has 1 amide bonds. The van der Waals surface area contributed by atoms with Crippen LogP contribution in [0.4, 0.5) is 4.79 Å². The average Bonchev–Trinajstić information content (AvgIpc) is 2.97. The van der Waals surface area contributed by atoms with Crippen molar-refractivity contribution in [3.63, 3.8) is 0 Å². The number of nitrogens with zero attached hydrogens (tertiary/aromatic N) is 1. The van der Waals surface area contributed by atoms with Crippen molar-refractivity contribution < 1.29 is 18.8 Å². The minimum atomic E-state index is -0.440. The molecule has 0 bridgehead atoms. The van der Waals surface area contributed by atoms with Gasteiger partial charge in [0.05, 0.1) is 11.2 Å². The molecule has 0 aromatic rings. The molecule has 3 aliphatic rings. The quantitative estimate of drug-likeness (QED) is 0.653. The lowest BCUT2D eigenvalue weighted by molar-refractivity contribution is 0.00578. The van der Waals surface area contributed by atoms with Gasteiger partial charge in [-0.15, -0.1) is 0 Å². The first-order valence-electron chi connectivity index (χ1n) is 10.7. The molecule has 2 saturated heterocycles. The van der Waals surface area contributed by atoms with E-state index >= 15 is 0 Å². The minimum absolute atomic E-state index is 0.115. The maximum Gasteiger partial charge on any atom is 0.457 e. The van der Waals surface area contributed by atoms with Gasteiger partial charge in [0, 0.05) is 12.6 Å². The van der Waals surface area contributed by atoms with E-state index in [1.807, 2.05) is 25.7 Å². The number of amides is 1. The van der Waals surface area contributed by atoms with Gasteiger partial charge in [-0.1, -0.05) is 13.3 Å². The van der Waals surface area contributed by atoms with Crippen LogP contribution in [0, 0.1) is 11.3 Å². The molecule has 0 radical (unpaired) electrons. The SMILES string of the molecule is CCC1N(C(=O)OC(C)(C)C)CCC12CC2CCB1OC(C)(C)C(C)(C)O1. The molecule has 5 nitrogen and oxygen atoms in total. The highest BCUT2D eigenvalue weighted by Crippen LogP contribution is 2.64. The average molecular weight is 379 g/mol. The predicted molar refractivity (Wildman–Crippen MR) is 108 cm³/mol. The van der Waals surface area contributed by atoms with Gasteiger partial charge >= 0.3 is 13.2 Å². The number of hydrogen-bond acceptors (Lipinski definition) is 4. The number of hydrogen-bond donors (Lipinski definition) is 0. The van der Waals surface area contributed by atoms with Gasteiger partial charge in [0.1, 0.15) is 5.60 Å². The Morgan fingerprint density at radius 3 is 2.30 bits per heavy atom. The van der Waals surface area contributed by atoms with Gasteiger partial charge in [-0.2, -0.15) is 0 Å². The maximum atomic E-state index is 12.6. The number of carbonyl (C=O) groups is 1. The molecular formula is C21H38BNO4. The molecule has 2 heterocycles. The van der Waals surface area contributed by atoms with Crippen molar-refractivity contribution in [2.45, 2.75) is 110 Å². The fourth-order valence-electron chi connectivity index (χ4n) is 5.05. The summed E-state index contributed by atoms with van der Waals surface area (Å²) in [6, 6.07) is 0.302. The van der Waals surface area contributed by atoms with E-state index in [0.717, 1.165) is 32.1 Å². The van der Waals surface area contributed by atoms with Gasteiger partial charge < -0.3 is 18.9 Å². The minimum Gasteiger partial charge on any atom is -0.444 e. The van der Waals surface area contributed by atoms with E-state index in [0.29, 0.717) is 12.0 Å². The molecule has 1 saturated carbocycles. The van der Waals surface area contributed by atoms with Crippen LogP contribution in [0.15, 0.2) is 0 Å². The zero-order valence-electron chi connectivity index (χ0n) is 18.6. The maximum absolute atomic E-state index is 12.6. The highest BCUT2D eigenvalue weighted by Gasteiger charge is 2.63. The van der Waals surface area contributed by atoms with Gasteiger partial charge in [0.25, 0.3) is 0 Å². The highest BCUT2D eigenvalue weighted by molar-refractivity contribution is 6.45. The molecule has 27 heavy (non-hydrogen) atoms. The largest absolute Gasteiger partial charge is 0.457 e. The van der Waals surface area contributed by atoms with Gasteiger partial charge in [0.15, 0.2) is 0 Å². The Morgan fingerprint density at radius 2 is 1.78 bits per heavy atom. The van der Waals surface area contributed by atoms with E-state index < -0.39 is 5.60 Å². The molecule has 3 unspecified atom stereocenters. The van der Waals surface area contributed by atoms with Gasteiger partial charge in [0.2, 0.25) is 0 Å². The highest BCUT2D eigenvalue weighted by atomic mass is 16.7. The van der Waals surface area contributed by atoms with Crippen molar-refractivity contribution in [2.75, 3.05) is 6.54 Å². The number of ether oxygens (including phenoxy) is 1. The van der Waals surface area contributed by atoms with Crippen molar-refractivity contribution in [1.82, 2.24) is 4.90 Å². The van der Waals surface area contributed by atoms with Crippen molar-refractivity contribution in [2.24, 2.45) is 11.3 Å².